The van der Waals surface area contributed by atoms with Crippen LogP contribution in [-0.4, -0.2) is 54.5 Å². The van der Waals surface area contributed by atoms with E-state index < -0.39 is 26.0 Å². The molecule has 0 unspecified atom stereocenters. The van der Waals surface area contributed by atoms with Crippen LogP contribution in [0.25, 0.3) is 0 Å². The molecule has 0 saturated heterocycles. The Morgan fingerprint density at radius 3 is 2.65 bits per heavy atom. The minimum absolute atomic E-state index is 0.0661. The average Bonchev–Trinajstić information content (AvgIpc) is 2.72. The third kappa shape index (κ3) is 4.74. The van der Waals surface area contributed by atoms with Gasteiger partial charge in [0.2, 0.25) is 15.9 Å². The molecule has 23 heavy (non-hydrogen) atoms. The zero-order valence-corrected chi connectivity index (χ0v) is 13.9. The van der Waals surface area contributed by atoms with Crippen molar-refractivity contribution in [1.82, 2.24) is 14.8 Å². The van der Waals surface area contributed by atoms with Gasteiger partial charge in [-0.25, -0.2) is 21.6 Å². The molecule has 0 spiro atoms. The summed E-state index contributed by atoms with van der Waals surface area (Å²) >= 11 is 0. The highest BCUT2D eigenvalue weighted by Crippen LogP contribution is 2.21. The van der Waals surface area contributed by atoms with Crippen molar-refractivity contribution in [2.75, 3.05) is 25.9 Å². The number of nitrogens with zero attached hydrogens (tertiary/aromatic N) is 1. The fourth-order valence-corrected chi connectivity index (χ4v) is 3.62. The molecule has 1 aliphatic rings. The summed E-state index contributed by atoms with van der Waals surface area (Å²) in [5.74, 6) is -0.332. The fourth-order valence-electron chi connectivity index (χ4n) is 1.90. The third-order valence-corrected chi connectivity index (χ3v) is 4.98. The van der Waals surface area contributed by atoms with Gasteiger partial charge in [0.25, 0.3) is 10.0 Å². The zero-order chi connectivity index (χ0) is 17.1. The van der Waals surface area contributed by atoms with Crippen molar-refractivity contribution in [2.24, 2.45) is 4.99 Å². The first-order valence-corrected chi connectivity index (χ1v) is 9.94. The van der Waals surface area contributed by atoms with E-state index >= 15 is 0 Å². The molecule has 126 valence electrons. The van der Waals surface area contributed by atoms with Gasteiger partial charge in [0.1, 0.15) is 12.4 Å². The van der Waals surface area contributed by atoms with Crippen LogP contribution in [0.15, 0.2) is 34.2 Å². The van der Waals surface area contributed by atoms with Gasteiger partial charge in [-0.1, -0.05) is 12.1 Å². The molecule has 1 amide bonds. The topological polar surface area (TPSA) is 134 Å². The zero-order valence-electron chi connectivity index (χ0n) is 12.2. The normalized spacial score (nSPS) is 17.5. The maximum absolute atomic E-state index is 11.9. The van der Waals surface area contributed by atoms with Crippen LogP contribution in [0.3, 0.4) is 0 Å². The monoisotopic (exact) mass is 360 g/mol. The Labute approximate surface area is 134 Å². The second kappa shape index (κ2) is 6.64. The van der Waals surface area contributed by atoms with Crippen LogP contribution in [0, 0.1) is 0 Å². The summed E-state index contributed by atoms with van der Waals surface area (Å²) in [6.45, 7) is -0.0965. The van der Waals surface area contributed by atoms with Gasteiger partial charge in [0.05, 0.1) is 11.2 Å². The molecule has 0 radical (unpaired) electrons. The van der Waals surface area contributed by atoms with Crippen molar-refractivity contribution in [1.29, 1.82) is 0 Å². The largest absolute Gasteiger partial charge is 0.353 e. The summed E-state index contributed by atoms with van der Waals surface area (Å²) in [5, 5.41) is 2.47. The van der Waals surface area contributed by atoms with E-state index in [1.165, 1.54) is 6.07 Å². The van der Waals surface area contributed by atoms with Gasteiger partial charge in [0, 0.05) is 18.7 Å². The molecular formula is C12H16N4O5S2. The van der Waals surface area contributed by atoms with E-state index in [0.717, 1.165) is 6.26 Å². The molecule has 0 saturated carbocycles. The Balaban J connectivity index is 1.93. The number of carbonyl (C=O) groups excluding carboxylic acids is 1. The van der Waals surface area contributed by atoms with Crippen molar-refractivity contribution in [3.8, 4) is 0 Å². The van der Waals surface area contributed by atoms with Gasteiger partial charge in [-0.3, -0.25) is 14.5 Å². The van der Waals surface area contributed by atoms with Crippen LogP contribution in [0.4, 0.5) is 0 Å². The number of sulfonamides is 2. The van der Waals surface area contributed by atoms with E-state index in [4.69, 9.17) is 0 Å². The predicted molar refractivity (Wildman–Crippen MR) is 84.0 cm³/mol. The molecule has 0 aliphatic carbocycles. The SMILES string of the molecule is CS(=O)(=O)NCCNC(=O)CN=C1NS(=O)(=O)c2ccccc21. The van der Waals surface area contributed by atoms with E-state index in [1.807, 2.05) is 0 Å². The number of benzene rings is 1. The van der Waals surface area contributed by atoms with Crippen LogP contribution < -0.4 is 14.8 Å². The van der Waals surface area contributed by atoms with Gasteiger partial charge >= 0.3 is 0 Å². The number of hydrogen-bond donors (Lipinski definition) is 3. The number of rotatable bonds is 6. The lowest BCUT2D eigenvalue weighted by Gasteiger charge is -2.04. The Morgan fingerprint density at radius 1 is 1.26 bits per heavy atom. The van der Waals surface area contributed by atoms with E-state index in [2.05, 4.69) is 19.8 Å². The van der Waals surface area contributed by atoms with Gasteiger partial charge in [-0.2, -0.15) is 0 Å². The second-order valence-corrected chi connectivity index (χ2v) is 8.27. The molecule has 1 aromatic rings. The maximum Gasteiger partial charge on any atom is 0.263 e. The molecule has 0 aromatic heterocycles. The van der Waals surface area contributed by atoms with Crippen LogP contribution in [0.5, 0.6) is 0 Å². The second-order valence-electron chi connectivity index (χ2n) is 4.78. The summed E-state index contributed by atoms with van der Waals surface area (Å²) in [7, 11) is -6.93. The van der Waals surface area contributed by atoms with Crippen LogP contribution in [0.1, 0.15) is 5.56 Å². The van der Waals surface area contributed by atoms with Gasteiger partial charge in [-0.15, -0.1) is 0 Å². The smallest absolute Gasteiger partial charge is 0.263 e. The van der Waals surface area contributed by atoms with Crippen molar-refractivity contribution in [2.45, 2.75) is 4.90 Å². The van der Waals surface area contributed by atoms with Gasteiger partial charge in [-0.05, 0) is 12.1 Å². The Morgan fingerprint density at radius 2 is 1.96 bits per heavy atom. The lowest BCUT2D eigenvalue weighted by atomic mass is 10.2. The van der Waals surface area contributed by atoms with E-state index in [-0.39, 0.29) is 30.4 Å². The maximum atomic E-state index is 11.9. The summed E-state index contributed by atoms with van der Waals surface area (Å²) < 4.78 is 49.9. The summed E-state index contributed by atoms with van der Waals surface area (Å²) in [6, 6.07) is 6.33. The van der Waals surface area contributed by atoms with Crippen LogP contribution in [-0.2, 0) is 24.8 Å². The van der Waals surface area contributed by atoms with Crippen molar-refractivity contribution in [3.63, 3.8) is 0 Å². The summed E-state index contributed by atoms with van der Waals surface area (Å²) in [5.41, 5.74) is 0.416. The van der Waals surface area contributed by atoms with Crippen molar-refractivity contribution >= 4 is 31.8 Å². The Hall–Kier alpha value is -1.98. The highest BCUT2D eigenvalue weighted by molar-refractivity contribution is 7.90. The van der Waals surface area contributed by atoms with E-state index in [1.54, 1.807) is 18.2 Å². The molecule has 2 rings (SSSR count). The average molecular weight is 360 g/mol. The minimum atomic E-state index is -3.63. The number of aliphatic imine (C=N–C) groups is 1. The molecular weight excluding hydrogens is 344 g/mol. The lowest BCUT2D eigenvalue weighted by molar-refractivity contribution is -0.119. The lowest BCUT2D eigenvalue weighted by Crippen LogP contribution is -2.35. The first kappa shape index (κ1) is 17.4. The number of fused-ring (bicyclic) bond motifs is 1. The van der Waals surface area contributed by atoms with Crippen LogP contribution >= 0.6 is 0 Å². The van der Waals surface area contributed by atoms with E-state index in [9.17, 15) is 21.6 Å². The van der Waals surface area contributed by atoms with E-state index in [0.29, 0.717) is 5.56 Å². The first-order valence-electron chi connectivity index (χ1n) is 6.57. The molecule has 11 heteroatoms. The highest BCUT2D eigenvalue weighted by Gasteiger charge is 2.30. The Kier molecular flexibility index (Phi) is 5.02. The molecule has 0 atom stereocenters. The molecule has 9 nitrogen and oxygen atoms in total. The molecule has 1 aliphatic heterocycles. The number of hydrogen-bond acceptors (Lipinski definition) is 6. The predicted octanol–water partition coefficient (Wildman–Crippen LogP) is -1.61. The Bertz CT molecular complexity index is 846. The molecule has 0 bridgehead atoms. The van der Waals surface area contributed by atoms with Crippen molar-refractivity contribution in [3.05, 3.63) is 29.8 Å². The minimum Gasteiger partial charge on any atom is -0.353 e. The molecule has 1 aromatic carbocycles. The number of amidine groups is 1. The summed E-state index contributed by atoms with van der Waals surface area (Å²) in [4.78, 5) is 15.7. The fraction of sp³-hybridized carbons (Fsp3) is 0.333. The standard InChI is InChI=1S/C12H16N4O5S2/c1-22(18,19)15-7-6-13-11(17)8-14-12-9-4-2-3-5-10(9)23(20,21)16-12/h2-5,15H,6-8H2,1H3,(H,13,17)(H,14,16). The number of nitrogens with one attached hydrogen (secondary N) is 3. The molecule has 1 heterocycles. The summed E-state index contributed by atoms with van der Waals surface area (Å²) in [6.07, 6.45) is 1.02. The van der Waals surface area contributed by atoms with Crippen LogP contribution in [0.2, 0.25) is 0 Å². The van der Waals surface area contributed by atoms with Gasteiger partial charge in [0.15, 0.2) is 0 Å². The molecule has 0 fully saturated rings. The number of carbonyl (C=O) groups is 1. The van der Waals surface area contributed by atoms with Gasteiger partial charge < -0.3 is 5.32 Å². The third-order valence-electron chi connectivity index (χ3n) is 2.85. The highest BCUT2D eigenvalue weighted by atomic mass is 32.2. The molecule has 3 N–H and O–H groups in total. The van der Waals surface area contributed by atoms with Crippen molar-refractivity contribution < 1.29 is 21.6 Å². The number of amides is 1. The quantitative estimate of drug-likeness (QED) is 0.525. The first-order chi connectivity index (χ1) is 10.7.